The fourth-order valence-electron chi connectivity index (χ4n) is 3.72. The highest BCUT2D eigenvalue weighted by molar-refractivity contribution is 5.55. The molecule has 0 saturated carbocycles. The van der Waals surface area contributed by atoms with Crippen molar-refractivity contribution in [1.82, 2.24) is 20.1 Å². The van der Waals surface area contributed by atoms with Crippen molar-refractivity contribution in [3.63, 3.8) is 0 Å². The molecule has 1 aliphatic heterocycles. The number of fused-ring (bicyclic) bond motifs is 1. The second-order valence-corrected chi connectivity index (χ2v) is 7.15. The van der Waals surface area contributed by atoms with Gasteiger partial charge in [-0.3, -0.25) is 14.7 Å². The quantitative estimate of drug-likeness (QED) is 0.757. The Kier molecular flexibility index (Phi) is 4.73. The predicted octanol–water partition coefficient (Wildman–Crippen LogP) is 2.63. The van der Waals surface area contributed by atoms with E-state index in [1.165, 1.54) is 22.3 Å². The number of anilines is 1. The summed E-state index contributed by atoms with van der Waals surface area (Å²) in [6.07, 6.45) is 5.41. The highest BCUT2D eigenvalue weighted by Gasteiger charge is 2.24. The van der Waals surface area contributed by atoms with Gasteiger partial charge < -0.3 is 4.90 Å². The van der Waals surface area contributed by atoms with Crippen LogP contribution in [0.4, 0.5) is 5.69 Å². The third-order valence-corrected chi connectivity index (χ3v) is 5.14. The van der Waals surface area contributed by atoms with E-state index in [4.69, 9.17) is 0 Å². The molecule has 3 heterocycles. The smallest absolute Gasteiger partial charge is 0.269 e. The molecule has 1 N–H and O–H groups in total. The first-order valence-electron chi connectivity index (χ1n) is 9.08. The lowest BCUT2D eigenvalue weighted by molar-refractivity contribution is 0.318. The number of H-pyrrole nitrogens is 1. The number of rotatable bonds is 5. The van der Waals surface area contributed by atoms with Gasteiger partial charge in [0.15, 0.2) is 0 Å². The molecule has 0 radical (unpaired) electrons. The van der Waals surface area contributed by atoms with E-state index in [0.29, 0.717) is 5.56 Å². The molecule has 0 atom stereocenters. The molecule has 0 bridgehead atoms. The molecular formula is C21H23N5O. The highest BCUT2D eigenvalue weighted by Crippen LogP contribution is 2.31. The van der Waals surface area contributed by atoms with Gasteiger partial charge in [0.2, 0.25) is 0 Å². The van der Waals surface area contributed by atoms with Gasteiger partial charge >= 0.3 is 0 Å². The Labute approximate surface area is 158 Å². The topological polar surface area (TPSA) is 65.1 Å². The van der Waals surface area contributed by atoms with Crippen molar-refractivity contribution >= 4 is 5.69 Å². The molecule has 1 aliphatic rings. The zero-order chi connectivity index (χ0) is 18.8. The summed E-state index contributed by atoms with van der Waals surface area (Å²) in [5.41, 5.74) is 6.78. The van der Waals surface area contributed by atoms with Gasteiger partial charge in [0.25, 0.3) is 5.56 Å². The maximum atomic E-state index is 11.9. The molecule has 4 rings (SSSR count). The number of aromatic nitrogens is 3. The first-order chi connectivity index (χ1) is 13.1. The van der Waals surface area contributed by atoms with Gasteiger partial charge in [0.1, 0.15) is 0 Å². The number of hydrogen-bond donors (Lipinski definition) is 1. The molecule has 1 aromatic carbocycles. The number of nitrogens with zero attached hydrogens (tertiary/aromatic N) is 4. The van der Waals surface area contributed by atoms with Crippen LogP contribution >= 0.6 is 0 Å². The third kappa shape index (κ3) is 3.61. The number of hydrogen-bond acceptors (Lipinski definition) is 5. The van der Waals surface area contributed by atoms with Crippen molar-refractivity contribution in [3.8, 4) is 0 Å². The van der Waals surface area contributed by atoms with E-state index < -0.39 is 0 Å². The number of pyridine rings is 1. The van der Waals surface area contributed by atoms with Crippen LogP contribution < -0.4 is 10.5 Å². The lowest BCUT2D eigenvalue weighted by Crippen LogP contribution is -2.22. The van der Waals surface area contributed by atoms with Crippen molar-refractivity contribution in [2.75, 3.05) is 11.9 Å². The van der Waals surface area contributed by atoms with Crippen LogP contribution in [0.1, 0.15) is 27.8 Å². The summed E-state index contributed by atoms with van der Waals surface area (Å²) in [6, 6.07) is 10.6. The molecule has 6 nitrogen and oxygen atoms in total. The van der Waals surface area contributed by atoms with Crippen LogP contribution in [-0.2, 0) is 26.2 Å². The first-order valence-corrected chi connectivity index (χ1v) is 9.08. The van der Waals surface area contributed by atoms with E-state index in [-0.39, 0.29) is 5.56 Å². The fraction of sp³-hybridized carbons (Fsp3) is 0.286. The van der Waals surface area contributed by atoms with E-state index in [2.05, 4.69) is 62.4 Å². The van der Waals surface area contributed by atoms with Gasteiger partial charge in [-0.2, -0.15) is 5.10 Å². The van der Waals surface area contributed by atoms with Crippen molar-refractivity contribution in [2.45, 2.75) is 33.1 Å². The minimum atomic E-state index is -0.124. The fourth-order valence-corrected chi connectivity index (χ4v) is 3.72. The lowest BCUT2D eigenvalue weighted by atomic mass is 10.0. The minimum absolute atomic E-state index is 0.124. The third-order valence-electron chi connectivity index (χ3n) is 5.14. The monoisotopic (exact) mass is 361 g/mol. The van der Waals surface area contributed by atoms with E-state index >= 15 is 0 Å². The summed E-state index contributed by atoms with van der Waals surface area (Å²) in [4.78, 5) is 20.5. The Bertz CT molecular complexity index is 999. The summed E-state index contributed by atoms with van der Waals surface area (Å²) in [5.74, 6) is 0. The second kappa shape index (κ2) is 7.32. The Morgan fingerprint density at radius 2 is 1.96 bits per heavy atom. The standard InChI is InChI=1S/C21H23N5O/c1-15-20(10-23-24-21(15)27)26-13-18-5-3-4-17(19(18)14-26)12-25(2)11-16-6-8-22-9-7-16/h3-10H,11-14H2,1-2H3,(H,24,27). The van der Waals surface area contributed by atoms with Gasteiger partial charge in [-0.1, -0.05) is 18.2 Å². The predicted molar refractivity (Wildman–Crippen MR) is 105 cm³/mol. The summed E-state index contributed by atoms with van der Waals surface area (Å²) in [5, 5.41) is 6.48. The van der Waals surface area contributed by atoms with Crippen molar-refractivity contribution in [1.29, 1.82) is 0 Å². The van der Waals surface area contributed by atoms with Gasteiger partial charge in [0.05, 0.1) is 11.9 Å². The van der Waals surface area contributed by atoms with Crippen LogP contribution in [0, 0.1) is 6.92 Å². The molecule has 0 fully saturated rings. The molecule has 2 aromatic heterocycles. The molecule has 0 amide bonds. The Morgan fingerprint density at radius 3 is 2.78 bits per heavy atom. The van der Waals surface area contributed by atoms with E-state index in [1.54, 1.807) is 6.20 Å². The van der Waals surface area contributed by atoms with Crippen LogP contribution in [0.3, 0.4) is 0 Å². The number of benzene rings is 1. The normalized spacial score (nSPS) is 13.2. The van der Waals surface area contributed by atoms with Crippen LogP contribution in [0.5, 0.6) is 0 Å². The molecule has 0 aliphatic carbocycles. The Balaban J connectivity index is 1.53. The van der Waals surface area contributed by atoms with Crippen LogP contribution in [-0.4, -0.2) is 27.1 Å². The maximum absolute atomic E-state index is 11.9. The van der Waals surface area contributed by atoms with E-state index in [1.807, 2.05) is 19.3 Å². The van der Waals surface area contributed by atoms with Gasteiger partial charge in [-0.15, -0.1) is 0 Å². The van der Waals surface area contributed by atoms with E-state index in [0.717, 1.165) is 31.9 Å². The number of nitrogens with one attached hydrogen (secondary N) is 1. The summed E-state index contributed by atoms with van der Waals surface area (Å²) < 4.78 is 0. The average molecular weight is 361 g/mol. The molecule has 0 unspecified atom stereocenters. The summed E-state index contributed by atoms with van der Waals surface area (Å²) in [7, 11) is 2.14. The van der Waals surface area contributed by atoms with Crippen LogP contribution in [0.2, 0.25) is 0 Å². The van der Waals surface area contributed by atoms with Gasteiger partial charge in [-0.05, 0) is 48.4 Å². The lowest BCUT2D eigenvalue weighted by Gasteiger charge is -2.20. The van der Waals surface area contributed by atoms with E-state index in [9.17, 15) is 4.79 Å². The molecule has 3 aromatic rings. The van der Waals surface area contributed by atoms with Crippen LogP contribution in [0.25, 0.3) is 0 Å². The molecule has 6 heteroatoms. The summed E-state index contributed by atoms with van der Waals surface area (Å²) in [6.45, 7) is 5.23. The minimum Gasteiger partial charge on any atom is -0.361 e. The molecule has 0 saturated heterocycles. The molecule has 27 heavy (non-hydrogen) atoms. The van der Waals surface area contributed by atoms with Crippen LogP contribution in [0.15, 0.2) is 53.7 Å². The number of aromatic amines is 1. The SMILES string of the molecule is Cc1c(N2Cc3cccc(CN(C)Cc4ccncc4)c3C2)cn[nH]c1=O. The highest BCUT2D eigenvalue weighted by atomic mass is 16.1. The van der Waals surface area contributed by atoms with Gasteiger partial charge in [-0.25, -0.2) is 5.10 Å². The largest absolute Gasteiger partial charge is 0.361 e. The molecule has 138 valence electrons. The zero-order valence-electron chi connectivity index (χ0n) is 15.6. The van der Waals surface area contributed by atoms with Crippen molar-refractivity contribution < 1.29 is 0 Å². The van der Waals surface area contributed by atoms with Gasteiger partial charge in [0, 0.05) is 44.1 Å². The summed E-state index contributed by atoms with van der Waals surface area (Å²) >= 11 is 0. The Morgan fingerprint density at radius 1 is 1.15 bits per heavy atom. The van der Waals surface area contributed by atoms with Crippen molar-refractivity contribution in [3.05, 3.63) is 87.1 Å². The second-order valence-electron chi connectivity index (χ2n) is 7.15. The average Bonchev–Trinajstić information content (AvgIpc) is 3.10. The Hall–Kier alpha value is -2.99. The first kappa shape index (κ1) is 17.4. The molecular weight excluding hydrogens is 338 g/mol. The maximum Gasteiger partial charge on any atom is 0.269 e. The zero-order valence-corrected chi connectivity index (χ0v) is 15.6. The molecule has 0 spiro atoms. The van der Waals surface area contributed by atoms with Crippen molar-refractivity contribution in [2.24, 2.45) is 0 Å².